The van der Waals surface area contributed by atoms with Crippen LogP contribution >= 0.6 is 0 Å². The van der Waals surface area contributed by atoms with Crippen LogP contribution in [0.2, 0.25) is 0 Å². The molecule has 1 N–H and O–H groups in total. The fourth-order valence-electron chi connectivity index (χ4n) is 1.55. The molecule has 0 saturated carbocycles. The van der Waals surface area contributed by atoms with E-state index >= 15 is 0 Å². The van der Waals surface area contributed by atoms with Crippen LogP contribution in [0, 0.1) is 17.2 Å². The predicted molar refractivity (Wildman–Crippen MR) is 77.0 cm³/mol. The van der Waals surface area contributed by atoms with E-state index in [1.807, 2.05) is 6.07 Å². The van der Waals surface area contributed by atoms with E-state index in [0.717, 1.165) is 0 Å². The second kappa shape index (κ2) is 10.6. The van der Waals surface area contributed by atoms with Gasteiger partial charge in [0, 0.05) is 6.04 Å². The largest absolute Gasteiger partial charge is 0.466 e. The molecule has 124 valence electrons. The van der Waals surface area contributed by atoms with Gasteiger partial charge in [-0.1, -0.05) is 0 Å². The molecule has 0 radical (unpaired) electrons. The number of esters is 2. The van der Waals surface area contributed by atoms with Crippen molar-refractivity contribution in [1.82, 2.24) is 10.4 Å². The highest BCUT2D eigenvalue weighted by Gasteiger charge is 2.25. The summed E-state index contributed by atoms with van der Waals surface area (Å²) in [7, 11) is 0. The van der Waals surface area contributed by atoms with E-state index in [1.165, 1.54) is 5.01 Å². The van der Waals surface area contributed by atoms with Gasteiger partial charge in [-0.3, -0.25) is 19.8 Å². The minimum atomic E-state index is -0.655. The first-order chi connectivity index (χ1) is 10.3. The molecule has 0 aromatic rings. The van der Waals surface area contributed by atoms with Crippen molar-refractivity contribution in [3.8, 4) is 6.07 Å². The third-order valence-corrected chi connectivity index (χ3v) is 2.90. The Balaban J connectivity index is 4.78. The maximum atomic E-state index is 11.8. The Morgan fingerprint density at radius 2 is 1.68 bits per heavy atom. The molecular formula is C14H23N3O5. The van der Waals surface area contributed by atoms with Crippen LogP contribution in [-0.2, 0) is 23.9 Å². The number of hydrogen-bond acceptors (Lipinski definition) is 7. The normalized spacial score (nSPS) is 12.9. The van der Waals surface area contributed by atoms with E-state index in [0.29, 0.717) is 0 Å². The predicted octanol–water partition coefficient (Wildman–Crippen LogP) is 0.384. The molecule has 0 rings (SSSR count). The molecule has 2 atom stereocenters. The standard InChI is InChI=1S/C14H23N3O5/c1-5-21-13(19)7-12(18)16-17(9-14(20)22-6-2)11(4)10(3)8-15/h10-11H,5-7,9H2,1-4H3,(H,16,18)/t10?,11-/m0/s1. The number of hydrazine groups is 1. The highest BCUT2D eigenvalue weighted by atomic mass is 16.5. The summed E-state index contributed by atoms with van der Waals surface area (Å²) in [6, 6.07) is 1.62. The first-order valence-electron chi connectivity index (χ1n) is 7.12. The fourth-order valence-corrected chi connectivity index (χ4v) is 1.55. The molecule has 0 aliphatic rings. The number of ether oxygens (including phenoxy) is 2. The van der Waals surface area contributed by atoms with Crippen LogP contribution in [0.25, 0.3) is 0 Å². The minimum absolute atomic E-state index is 0.181. The highest BCUT2D eigenvalue weighted by molar-refractivity contribution is 5.94. The fraction of sp³-hybridized carbons (Fsp3) is 0.714. The number of hydrogen-bond donors (Lipinski definition) is 1. The van der Waals surface area contributed by atoms with Gasteiger partial charge in [-0.25, -0.2) is 5.01 Å². The molecule has 0 aromatic carbocycles. The number of amides is 1. The van der Waals surface area contributed by atoms with E-state index in [-0.39, 0.29) is 19.8 Å². The zero-order valence-electron chi connectivity index (χ0n) is 13.4. The summed E-state index contributed by atoms with van der Waals surface area (Å²) in [6.07, 6.45) is -0.458. The summed E-state index contributed by atoms with van der Waals surface area (Å²) in [5.41, 5.74) is 2.45. The first kappa shape index (κ1) is 19.9. The van der Waals surface area contributed by atoms with Gasteiger partial charge >= 0.3 is 11.9 Å². The number of nitriles is 1. The summed E-state index contributed by atoms with van der Waals surface area (Å²) in [6.45, 7) is 6.85. The van der Waals surface area contributed by atoms with Gasteiger partial charge in [0.05, 0.1) is 25.2 Å². The molecule has 0 spiro atoms. The van der Waals surface area contributed by atoms with Gasteiger partial charge in [0.25, 0.3) is 0 Å². The molecule has 0 aliphatic carbocycles. The SMILES string of the molecule is CCOC(=O)CC(=O)NN(CC(=O)OCC)[C@@H](C)C(C)C#N. The summed E-state index contributed by atoms with van der Waals surface area (Å²) >= 11 is 0. The molecule has 0 aliphatic heterocycles. The number of nitrogens with one attached hydrogen (secondary N) is 1. The van der Waals surface area contributed by atoms with Crippen LogP contribution in [0.3, 0.4) is 0 Å². The average Bonchev–Trinajstić information content (AvgIpc) is 2.45. The van der Waals surface area contributed by atoms with Crippen molar-refractivity contribution in [3.63, 3.8) is 0 Å². The topological polar surface area (TPSA) is 109 Å². The Labute approximate surface area is 130 Å². The van der Waals surface area contributed by atoms with E-state index in [1.54, 1.807) is 27.7 Å². The highest BCUT2D eigenvalue weighted by Crippen LogP contribution is 2.08. The maximum Gasteiger partial charge on any atom is 0.322 e. The zero-order valence-corrected chi connectivity index (χ0v) is 13.4. The zero-order chi connectivity index (χ0) is 17.1. The van der Waals surface area contributed by atoms with Crippen molar-refractivity contribution in [2.24, 2.45) is 5.92 Å². The number of rotatable bonds is 9. The first-order valence-corrected chi connectivity index (χ1v) is 7.12. The van der Waals surface area contributed by atoms with E-state index < -0.39 is 36.2 Å². The Morgan fingerprint density at radius 1 is 1.14 bits per heavy atom. The van der Waals surface area contributed by atoms with Crippen molar-refractivity contribution in [2.75, 3.05) is 19.8 Å². The molecule has 0 saturated heterocycles. The lowest BCUT2D eigenvalue weighted by Gasteiger charge is -2.29. The van der Waals surface area contributed by atoms with Gasteiger partial charge in [-0.05, 0) is 27.7 Å². The second-order valence-electron chi connectivity index (χ2n) is 4.61. The molecule has 0 fully saturated rings. The van der Waals surface area contributed by atoms with E-state index in [2.05, 4.69) is 10.2 Å². The lowest BCUT2D eigenvalue weighted by molar-refractivity contribution is -0.149. The minimum Gasteiger partial charge on any atom is -0.466 e. The van der Waals surface area contributed by atoms with Crippen LogP contribution in [0.5, 0.6) is 0 Å². The smallest absolute Gasteiger partial charge is 0.322 e. The summed E-state index contributed by atoms with van der Waals surface area (Å²) in [5.74, 6) is -2.23. The van der Waals surface area contributed by atoms with Crippen LogP contribution < -0.4 is 5.43 Å². The number of carbonyl (C=O) groups excluding carboxylic acids is 3. The number of carbonyl (C=O) groups is 3. The van der Waals surface area contributed by atoms with Gasteiger partial charge in [0.1, 0.15) is 13.0 Å². The summed E-state index contributed by atoms with van der Waals surface area (Å²) in [4.78, 5) is 34.7. The molecule has 8 nitrogen and oxygen atoms in total. The van der Waals surface area contributed by atoms with Crippen molar-refractivity contribution < 1.29 is 23.9 Å². The van der Waals surface area contributed by atoms with Crippen molar-refractivity contribution >= 4 is 17.8 Å². The lowest BCUT2D eigenvalue weighted by Crippen LogP contribution is -2.52. The van der Waals surface area contributed by atoms with Crippen LogP contribution in [0.15, 0.2) is 0 Å². The van der Waals surface area contributed by atoms with Gasteiger partial charge in [-0.2, -0.15) is 5.26 Å². The molecular weight excluding hydrogens is 290 g/mol. The summed E-state index contributed by atoms with van der Waals surface area (Å²) in [5, 5.41) is 10.3. The van der Waals surface area contributed by atoms with E-state index in [4.69, 9.17) is 10.00 Å². The molecule has 0 heterocycles. The quantitative estimate of drug-likeness (QED) is 0.372. The van der Waals surface area contributed by atoms with Crippen molar-refractivity contribution in [1.29, 1.82) is 5.26 Å². The Morgan fingerprint density at radius 3 is 2.18 bits per heavy atom. The molecule has 22 heavy (non-hydrogen) atoms. The van der Waals surface area contributed by atoms with Gasteiger partial charge < -0.3 is 9.47 Å². The third-order valence-electron chi connectivity index (χ3n) is 2.90. The molecule has 8 heteroatoms. The molecule has 1 unspecified atom stereocenters. The van der Waals surface area contributed by atoms with Gasteiger partial charge in [-0.15, -0.1) is 0 Å². The monoisotopic (exact) mass is 313 g/mol. The van der Waals surface area contributed by atoms with Gasteiger partial charge in [0.15, 0.2) is 0 Å². The van der Waals surface area contributed by atoms with Crippen LogP contribution in [0.4, 0.5) is 0 Å². The second-order valence-corrected chi connectivity index (χ2v) is 4.61. The molecule has 0 aromatic heterocycles. The van der Waals surface area contributed by atoms with Gasteiger partial charge in [0.2, 0.25) is 5.91 Å². The molecule has 1 amide bonds. The van der Waals surface area contributed by atoms with Crippen LogP contribution in [0.1, 0.15) is 34.1 Å². The average molecular weight is 313 g/mol. The molecule has 0 bridgehead atoms. The number of nitrogens with zero attached hydrogens (tertiary/aromatic N) is 2. The Kier molecular flexibility index (Phi) is 9.54. The summed E-state index contributed by atoms with van der Waals surface area (Å²) < 4.78 is 9.51. The van der Waals surface area contributed by atoms with Crippen LogP contribution in [-0.4, -0.2) is 48.7 Å². The maximum absolute atomic E-state index is 11.8. The van der Waals surface area contributed by atoms with E-state index in [9.17, 15) is 14.4 Å². The van der Waals surface area contributed by atoms with Crippen molar-refractivity contribution in [2.45, 2.75) is 40.2 Å². The Hall–Kier alpha value is -2.14. The van der Waals surface area contributed by atoms with Crippen molar-refractivity contribution in [3.05, 3.63) is 0 Å². The third kappa shape index (κ3) is 7.59. The lowest BCUT2D eigenvalue weighted by atomic mass is 10.1. The Bertz CT molecular complexity index is 433.